The Bertz CT molecular complexity index is 869. The van der Waals surface area contributed by atoms with Crippen LogP contribution in [0.3, 0.4) is 0 Å². The van der Waals surface area contributed by atoms with Crippen LogP contribution in [0.2, 0.25) is 0 Å². The number of hydrogen-bond donors (Lipinski definition) is 0. The van der Waals surface area contributed by atoms with E-state index in [1.165, 1.54) is 0 Å². The summed E-state index contributed by atoms with van der Waals surface area (Å²) in [6, 6.07) is 15.5. The Labute approximate surface area is 190 Å². The quantitative estimate of drug-likeness (QED) is 0.667. The fourth-order valence-corrected chi connectivity index (χ4v) is 4.44. The van der Waals surface area contributed by atoms with Crippen molar-refractivity contribution in [2.45, 2.75) is 25.8 Å². The molecule has 2 saturated heterocycles. The topological polar surface area (TPSA) is 66.0 Å². The Hall–Kier alpha value is -2.93. The summed E-state index contributed by atoms with van der Waals surface area (Å²) in [5.74, 6) is 0.943. The second kappa shape index (κ2) is 11.1. The van der Waals surface area contributed by atoms with E-state index in [4.69, 9.17) is 4.74 Å². The highest BCUT2D eigenvalue weighted by Gasteiger charge is 2.32. The minimum absolute atomic E-state index is 0.0682. The van der Waals surface area contributed by atoms with E-state index in [1.54, 1.807) is 0 Å². The maximum atomic E-state index is 13.1. The second-order valence-corrected chi connectivity index (χ2v) is 8.51. The van der Waals surface area contributed by atoms with Crippen LogP contribution in [-0.4, -0.2) is 77.4 Å². The number of aromatic nitrogens is 1. The first-order valence-electron chi connectivity index (χ1n) is 11.6. The van der Waals surface area contributed by atoms with Gasteiger partial charge in [0, 0.05) is 52.0 Å². The minimum atomic E-state index is -0.0925. The molecule has 3 heterocycles. The number of hydrogen-bond acceptors (Lipinski definition) is 5. The van der Waals surface area contributed by atoms with Gasteiger partial charge in [-0.15, -0.1) is 0 Å². The van der Waals surface area contributed by atoms with Crippen LogP contribution in [0.25, 0.3) is 0 Å². The van der Waals surface area contributed by atoms with Crippen molar-refractivity contribution in [3.8, 4) is 5.75 Å². The molecule has 32 heavy (non-hydrogen) atoms. The largest absolute Gasteiger partial charge is 0.493 e. The summed E-state index contributed by atoms with van der Waals surface area (Å²) in [6.45, 7) is 5.61. The van der Waals surface area contributed by atoms with Crippen molar-refractivity contribution in [1.82, 2.24) is 19.7 Å². The summed E-state index contributed by atoms with van der Waals surface area (Å²) in [7, 11) is 0. The van der Waals surface area contributed by atoms with E-state index in [2.05, 4.69) is 9.88 Å². The zero-order chi connectivity index (χ0) is 22.2. The van der Waals surface area contributed by atoms with Crippen LogP contribution in [0.1, 0.15) is 25.0 Å². The average Bonchev–Trinajstić information content (AvgIpc) is 2.85. The SMILES string of the molecule is O=C(CCOc1ccccc1)N1CCC[C@H](C(=O)N2CCN(Cc3ccccn3)CC2)C1. The van der Waals surface area contributed by atoms with E-state index in [9.17, 15) is 9.59 Å². The van der Waals surface area contributed by atoms with Gasteiger partial charge in [0.15, 0.2) is 0 Å². The Balaban J connectivity index is 1.20. The first-order chi connectivity index (χ1) is 15.7. The number of likely N-dealkylation sites (tertiary alicyclic amines) is 1. The van der Waals surface area contributed by atoms with Crippen molar-refractivity contribution in [2.75, 3.05) is 45.9 Å². The van der Waals surface area contributed by atoms with Crippen molar-refractivity contribution in [2.24, 2.45) is 5.92 Å². The fourth-order valence-electron chi connectivity index (χ4n) is 4.44. The number of piperidine rings is 1. The Morgan fingerprint density at radius 3 is 2.47 bits per heavy atom. The van der Waals surface area contributed by atoms with Crippen molar-refractivity contribution >= 4 is 11.8 Å². The van der Waals surface area contributed by atoms with Crippen molar-refractivity contribution in [3.05, 3.63) is 60.4 Å². The first kappa shape index (κ1) is 22.3. The molecule has 2 aromatic rings. The molecule has 0 spiro atoms. The maximum absolute atomic E-state index is 13.1. The lowest BCUT2D eigenvalue weighted by atomic mass is 9.96. The number of pyridine rings is 1. The molecule has 1 atom stereocenters. The van der Waals surface area contributed by atoms with Crippen molar-refractivity contribution in [3.63, 3.8) is 0 Å². The molecule has 7 nitrogen and oxygen atoms in total. The van der Waals surface area contributed by atoms with Gasteiger partial charge in [0.25, 0.3) is 0 Å². The molecule has 2 fully saturated rings. The highest BCUT2D eigenvalue weighted by Crippen LogP contribution is 2.21. The molecule has 2 aliphatic heterocycles. The fraction of sp³-hybridized carbons (Fsp3) is 0.480. The van der Waals surface area contributed by atoms with Gasteiger partial charge in [-0.25, -0.2) is 0 Å². The molecule has 0 aliphatic carbocycles. The molecule has 2 aliphatic rings. The minimum Gasteiger partial charge on any atom is -0.493 e. The lowest BCUT2D eigenvalue weighted by molar-refractivity contribution is -0.142. The van der Waals surface area contributed by atoms with Gasteiger partial charge in [0.2, 0.25) is 11.8 Å². The Morgan fingerprint density at radius 1 is 0.938 bits per heavy atom. The number of carbonyl (C=O) groups is 2. The monoisotopic (exact) mass is 436 g/mol. The van der Waals surface area contributed by atoms with Crippen molar-refractivity contribution < 1.29 is 14.3 Å². The van der Waals surface area contributed by atoms with Gasteiger partial charge in [0.05, 0.1) is 24.6 Å². The highest BCUT2D eigenvalue weighted by atomic mass is 16.5. The third kappa shape index (κ3) is 6.07. The molecule has 0 radical (unpaired) electrons. The molecule has 170 valence electrons. The van der Waals surface area contributed by atoms with E-state index < -0.39 is 0 Å². The lowest BCUT2D eigenvalue weighted by Crippen LogP contribution is -2.52. The zero-order valence-electron chi connectivity index (χ0n) is 18.6. The molecule has 7 heteroatoms. The molecular formula is C25H32N4O3. The number of carbonyl (C=O) groups excluding carboxylic acids is 2. The van der Waals surface area contributed by atoms with Crippen LogP contribution in [0, 0.1) is 5.92 Å². The van der Waals surface area contributed by atoms with Crippen LogP contribution in [-0.2, 0) is 16.1 Å². The standard InChI is InChI=1S/C25H32N4O3/c30-24(11-18-32-23-9-2-1-3-10-23)29-13-6-7-21(19-29)25(31)28-16-14-27(15-17-28)20-22-8-4-5-12-26-22/h1-5,8-10,12,21H,6-7,11,13-20H2/t21-/m0/s1. The highest BCUT2D eigenvalue weighted by molar-refractivity contribution is 5.81. The molecule has 2 amide bonds. The maximum Gasteiger partial charge on any atom is 0.227 e. The van der Waals surface area contributed by atoms with Crippen LogP contribution >= 0.6 is 0 Å². The van der Waals surface area contributed by atoms with E-state index in [0.29, 0.717) is 19.6 Å². The molecule has 0 bridgehead atoms. The van der Waals surface area contributed by atoms with Crippen LogP contribution in [0.4, 0.5) is 0 Å². The van der Waals surface area contributed by atoms with E-state index >= 15 is 0 Å². The van der Waals surface area contributed by atoms with Gasteiger partial charge in [-0.1, -0.05) is 24.3 Å². The van der Waals surface area contributed by atoms with Crippen LogP contribution in [0.15, 0.2) is 54.7 Å². The third-order valence-corrected chi connectivity index (χ3v) is 6.25. The first-order valence-corrected chi connectivity index (χ1v) is 11.6. The smallest absolute Gasteiger partial charge is 0.227 e. The summed E-state index contributed by atoms with van der Waals surface area (Å²) in [5, 5.41) is 0. The molecule has 1 aromatic carbocycles. The van der Waals surface area contributed by atoms with Crippen LogP contribution < -0.4 is 4.74 Å². The number of rotatable bonds is 7. The Kier molecular flexibility index (Phi) is 7.72. The van der Waals surface area contributed by atoms with E-state index in [0.717, 1.165) is 63.6 Å². The number of benzene rings is 1. The van der Waals surface area contributed by atoms with Gasteiger partial charge in [-0.05, 0) is 37.1 Å². The molecule has 0 saturated carbocycles. The average molecular weight is 437 g/mol. The van der Waals surface area contributed by atoms with E-state index in [1.807, 2.05) is 64.5 Å². The number of ether oxygens (including phenoxy) is 1. The van der Waals surface area contributed by atoms with Gasteiger partial charge >= 0.3 is 0 Å². The lowest BCUT2D eigenvalue weighted by Gasteiger charge is -2.39. The second-order valence-electron chi connectivity index (χ2n) is 8.51. The normalized spacial score (nSPS) is 19.6. The summed E-state index contributed by atoms with van der Waals surface area (Å²) in [4.78, 5) is 36.3. The Morgan fingerprint density at radius 2 is 1.72 bits per heavy atom. The predicted octanol–water partition coefficient (Wildman–Crippen LogP) is 2.43. The molecule has 0 N–H and O–H groups in total. The number of para-hydroxylation sites is 1. The van der Waals surface area contributed by atoms with Gasteiger partial charge < -0.3 is 14.5 Å². The molecule has 4 rings (SSSR count). The summed E-state index contributed by atoms with van der Waals surface area (Å²) < 4.78 is 5.66. The van der Waals surface area contributed by atoms with E-state index in [-0.39, 0.29) is 17.7 Å². The number of nitrogens with zero attached hydrogens (tertiary/aromatic N) is 4. The molecule has 1 aromatic heterocycles. The van der Waals surface area contributed by atoms with Gasteiger partial charge in [-0.2, -0.15) is 0 Å². The zero-order valence-corrected chi connectivity index (χ0v) is 18.6. The van der Waals surface area contributed by atoms with Gasteiger partial charge in [-0.3, -0.25) is 19.5 Å². The summed E-state index contributed by atoms with van der Waals surface area (Å²) >= 11 is 0. The molecular weight excluding hydrogens is 404 g/mol. The number of piperazine rings is 1. The number of amides is 2. The molecule has 0 unspecified atom stereocenters. The van der Waals surface area contributed by atoms with Crippen LogP contribution in [0.5, 0.6) is 5.75 Å². The third-order valence-electron chi connectivity index (χ3n) is 6.25. The van der Waals surface area contributed by atoms with Gasteiger partial charge in [0.1, 0.15) is 5.75 Å². The summed E-state index contributed by atoms with van der Waals surface area (Å²) in [6.07, 6.45) is 3.89. The summed E-state index contributed by atoms with van der Waals surface area (Å²) in [5.41, 5.74) is 1.06. The van der Waals surface area contributed by atoms with Crippen molar-refractivity contribution in [1.29, 1.82) is 0 Å². The predicted molar refractivity (Wildman–Crippen MR) is 122 cm³/mol.